The fourth-order valence-corrected chi connectivity index (χ4v) is 1.67. The van der Waals surface area contributed by atoms with Crippen LogP contribution in [-0.4, -0.2) is 18.2 Å². The van der Waals surface area contributed by atoms with Crippen molar-refractivity contribution >= 4 is 5.97 Å². The van der Waals surface area contributed by atoms with E-state index >= 15 is 0 Å². The Balaban J connectivity index is 2.15. The number of halogens is 1. The van der Waals surface area contributed by atoms with Crippen LogP contribution in [0, 0.1) is 5.92 Å². The van der Waals surface area contributed by atoms with Gasteiger partial charge in [-0.1, -0.05) is 0 Å². The molecule has 3 atom stereocenters. The highest BCUT2D eigenvalue weighted by Gasteiger charge is 2.43. The second kappa shape index (κ2) is 1.94. The zero-order valence-corrected chi connectivity index (χ0v) is 5.55. The van der Waals surface area contributed by atoms with Gasteiger partial charge in [-0.3, -0.25) is 4.79 Å². The van der Waals surface area contributed by atoms with Crippen LogP contribution in [0.3, 0.4) is 0 Å². The summed E-state index contributed by atoms with van der Waals surface area (Å²) in [6, 6.07) is 0. The number of ether oxygens (including phenoxy) is 1. The molecule has 0 unspecified atom stereocenters. The number of alkyl halides is 1. The van der Waals surface area contributed by atoms with Crippen LogP contribution in [0.25, 0.3) is 0 Å². The van der Waals surface area contributed by atoms with Gasteiger partial charge in [0, 0.05) is 6.42 Å². The van der Waals surface area contributed by atoms with Crippen LogP contribution in [0.5, 0.6) is 0 Å². The maximum atomic E-state index is 12.8. The van der Waals surface area contributed by atoms with Gasteiger partial charge in [-0.05, 0) is 12.8 Å². The molecule has 0 radical (unpaired) electrons. The van der Waals surface area contributed by atoms with Gasteiger partial charge in [0.1, 0.15) is 12.3 Å². The van der Waals surface area contributed by atoms with Gasteiger partial charge < -0.3 is 4.74 Å². The lowest BCUT2D eigenvalue weighted by atomic mass is 9.89. The molecule has 1 aliphatic heterocycles. The number of fused-ring (bicyclic) bond motifs is 2. The molecule has 2 nitrogen and oxygen atoms in total. The standard InChI is InChI=1S/C7H9FO2/c8-5-2-1-4-3-6(5)10-7(4)9/h4-6H,1-3H2/t4-,5+,6-/m1/s1. The normalized spacial score (nSPS) is 45.3. The van der Waals surface area contributed by atoms with E-state index in [2.05, 4.69) is 0 Å². The van der Waals surface area contributed by atoms with Crippen LogP contribution in [0.1, 0.15) is 19.3 Å². The van der Waals surface area contributed by atoms with Crippen LogP contribution in [0.15, 0.2) is 0 Å². The maximum Gasteiger partial charge on any atom is 0.309 e. The molecule has 2 rings (SSSR count). The van der Waals surface area contributed by atoms with E-state index in [1.165, 1.54) is 0 Å². The first-order valence-corrected chi connectivity index (χ1v) is 3.62. The summed E-state index contributed by atoms with van der Waals surface area (Å²) in [6.07, 6.45) is 0.478. The quantitative estimate of drug-likeness (QED) is 0.475. The third-order valence-electron chi connectivity index (χ3n) is 2.31. The first-order chi connectivity index (χ1) is 4.77. The Labute approximate surface area is 58.4 Å². The molecule has 2 aliphatic rings. The lowest BCUT2D eigenvalue weighted by Gasteiger charge is -2.17. The summed E-state index contributed by atoms with van der Waals surface area (Å²) in [5.41, 5.74) is 0. The third kappa shape index (κ3) is 0.728. The maximum absolute atomic E-state index is 12.8. The van der Waals surface area contributed by atoms with Crippen molar-refractivity contribution in [2.45, 2.75) is 31.5 Å². The molecule has 1 heterocycles. The Morgan fingerprint density at radius 1 is 1.50 bits per heavy atom. The molecule has 10 heavy (non-hydrogen) atoms. The number of esters is 1. The van der Waals surface area contributed by atoms with Crippen LogP contribution < -0.4 is 0 Å². The smallest absolute Gasteiger partial charge is 0.309 e. The van der Waals surface area contributed by atoms with Crippen molar-refractivity contribution in [1.29, 1.82) is 0 Å². The van der Waals surface area contributed by atoms with Gasteiger partial charge in [0.05, 0.1) is 5.92 Å². The van der Waals surface area contributed by atoms with Gasteiger partial charge in [-0.2, -0.15) is 0 Å². The van der Waals surface area contributed by atoms with E-state index in [4.69, 9.17) is 4.74 Å². The van der Waals surface area contributed by atoms with Gasteiger partial charge in [0.2, 0.25) is 0 Å². The highest BCUT2D eigenvalue weighted by molar-refractivity contribution is 5.75. The zero-order valence-electron chi connectivity index (χ0n) is 5.55. The Hall–Kier alpha value is -0.600. The van der Waals surface area contributed by atoms with E-state index in [-0.39, 0.29) is 11.9 Å². The summed E-state index contributed by atoms with van der Waals surface area (Å²) in [4.78, 5) is 10.8. The molecule has 2 fully saturated rings. The van der Waals surface area contributed by atoms with Gasteiger partial charge >= 0.3 is 5.97 Å². The number of hydrogen-bond donors (Lipinski definition) is 0. The van der Waals surface area contributed by atoms with E-state index in [0.717, 1.165) is 0 Å². The van der Waals surface area contributed by atoms with Gasteiger partial charge in [0.25, 0.3) is 0 Å². The zero-order chi connectivity index (χ0) is 7.14. The molecule has 56 valence electrons. The molecule has 2 bridgehead atoms. The Morgan fingerprint density at radius 3 is 3.00 bits per heavy atom. The average molecular weight is 144 g/mol. The molecule has 0 amide bonds. The summed E-state index contributed by atoms with van der Waals surface area (Å²) in [6.45, 7) is 0. The number of carbonyl (C=O) groups excluding carboxylic acids is 1. The first kappa shape index (κ1) is 6.13. The molecule has 1 saturated heterocycles. The van der Waals surface area contributed by atoms with Crippen molar-refractivity contribution < 1.29 is 13.9 Å². The number of carbonyl (C=O) groups is 1. The molecule has 0 N–H and O–H groups in total. The summed E-state index contributed by atoms with van der Waals surface area (Å²) in [7, 11) is 0. The molecule has 1 saturated carbocycles. The third-order valence-corrected chi connectivity index (χ3v) is 2.31. The molecule has 0 spiro atoms. The molecular weight excluding hydrogens is 135 g/mol. The predicted octanol–water partition coefficient (Wildman–Crippen LogP) is 1.05. The van der Waals surface area contributed by atoms with Crippen LogP contribution >= 0.6 is 0 Å². The fourth-order valence-electron chi connectivity index (χ4n) is 1.67. The monoisotopic (exact) mass is 144 g/mol. The Morgan fingerprint density at radius 2 is 2.30 bits per heavy atom. The fraction of sp³-hybridized carbons (Fsp3) is 0.857. The summed E-state index contributed by atoms with van der Waals surface area (Å²) < 4.78 is 17.6. The summed E-state index contributed by atoms with van der Waals surface area (Å²) in [5.74, 6) is -0.179. The Kier molecular flexibility index (Phi) is 1.19. The highest BCUT2D eigenvalue weighted by atomic mass is 19.1. The van der Waals surface area contributed by atoms with E-state index in [0.29, 0.717) is 19.3 Å². The molecule has 0 aromatic carbocycles. The van der Waals surface area contributed by atoms with Crippen molar-refractivity contribution in [3.8, 4) is 0 Å². The van der Waals surface area contributed by atoms with Crippen molar-refractivity contribution in [3.63, 3.8) is 0 Å². The number of rotatable bonds is 0. The second-order valence-electron chi connectivity index (χ2n) is 3.00. The lowest BCUT2D eigenvalue weighted by Crippen LogP contribution is -2.24. The lowest BCUT2D eigenvalue weighted by molar-refractivity contribution is -0.144. The molecular formula is C7H9FO2. The second-order valence-corrected chi connectivity index (χ2v) is 3.00. The number of hydrogen-bond acceptors (Lipinski definition) is 2. The van der Waals surface area contributed by atoms with Crippen molar-refractivity contribution in [3.05, 3.63) is 0 Å². The van der Waals surface area contributed by atoms with Gasteiger partial charge in [-0.25, -0.2) is 4.39 Å². The summed E-state index contributed by atoms with van der Waals surface area (Å²) >= 11 is 0. The minimum Gasteiger partial charge on any atom is -0.459 e. The Bertz CT molecular complexity index is 169. The van der Waals surface area contributed by atoms with E-state index in [1.54, 1.807) is 0 Å². The molecule has 0 aromatic rings. The van der Waals surface area contributed by atoms with Crippen LogP contribution in [-0.2, 0) is 9.53 Å². The van der Waals surface area contributed by atoms with Gasteiger partial charge in [-0.15, -0.1) is 0 Å². The van der Waals surface area contributed by atoms with Crippen LogP contribution in [0.4, 0.5) is 4.39 Å². The first-order valence-electron chi connectivity index (χ1n) is 3.62. The van der Waals surface area contributed by atoms with Crippen LogP contribution in [0.2, 0.25) is 0 Å². The van der Waals surface area contributed by atoms with E-state index in [1.807, 2.05) is 0 Å². The SMILES string of the molecule is O=C1O[C@@H]2C[C@H]1CC[C@@H]2F. The minimum atomic E-state index is -0.900. The molecule has 0 aromatic heterocycles. The largest absolute Gasteiger partial charge is 0.459 e. The van der Waals surface area contributed by atoms with Crippen molar-refractivity contribution in [2.75, 3.05) is 0 Å². The van der Waals surface area contributed by atoms with E-state index < -0.39 is 12.3 Å². The molecule has 3 heteroatoms. The van der Waals surface area contributed by atoms with E-state index in [9.17, 15) is 9.18 Å². The minimum absolute atomic E-state index is 0.0111. The molecule has 1 aliphatic carbocycles. The highest BCUT2D eigenvalue weighted by Crippen LogP contribution is 2.35. The average Bonchev–Trinajstić information content (AvgIpc) is 2.21. The topological polar surface area (TPSA) is 26.3 Å². The van der Waals surface area contributed by atoms with Crippen molar-refractivity contribution in [1.82, 2.24) is 0 Å². The van der Waals surface area contributed by atoms with Gasteiger partial charge in [0.15, 0.2) is 0 Å². The summed E-state index contributed by atoms with van der Waals surface area (Å²) in [5, 5.41) is 0. The predicted molar refractivity (Wildman–Crippen MR) is 32.1 cm³/mol. The van der Waals surface area contributed by atoms with Crippen molar-refractivity contribution in [2.24, 2.45) is 5.92 Å².